The zero-order chi connectivity index (χ0) is 15.4. The highest BCUT2D eigenvalue weighted by Gasteiger charge is 2.18. The van der Waals surface area contributed by atoms with Crippen LogP contribution in [-0.2, 0) is 18.7 Å². The van der Waals surface area contributed by atoms with Gasteiger partial charge in [-0.25, -0.2) is 14.8 Å². The van der Waals surface area contributed by atoms with Crippen LogP contribution in [-0.4, -0.2) is 30.8 Å². The molecule has 0 saturated heterocycles. The number of hydrogen-bond acceptors (Lipinski definition) is 5. The maximum absolute atomic E-state index is 11.4. The summed E-state index contributed by atoms with van der Waals surface area (Å²) in [4.78, 5) is 20.0. The average Bonchev–Trinajstić information content (AvgIpc) is 2.91. The molecule has 0 amide bonds. The summed E-state index contributed by atoms with van der Waals surface area (Å²) in [6.45, 7) is 6.50. The predicted molar refractivity (Wildman–Crippen MR) is 80.6 cm³/mol. The maximum atomic E-state index is 11.4. The van der Waals surface area contributed by atoms with Gasteiger partial charge in [0.25, 0.3) is 0 Å². The van der Waals surface area contributed by atoms with E-state index in [0.29, 0.717) is 28.7 Å². The Bertz CT molecular complexity index is 654. The molecular weight excluding hydrogens is 288 g/mol. The summed E-state index contributed by atoms with van der Waals surface area (Å²) in [6.07, 6.45) is 4.44. The highest BCUT2D eigenvalue weighted by atomic mass is 32.2. The number of aromatic carboxylic acids is 1. The number of carbonyl (C=O) groups is 1. The summed E-state index contributed by atoms with van der Waals surface area (Å²) in [6, 6.07) is 0. The second-order valence-corrected chi connectivity index (χ2v) is 5.52. The van der Waals surface area contributed by atoms with Gasteiger partial charge in [-0.1, -0.05) is 6.92 Å². The molecule has 112 valence electrons. The first-order chi connectivity index (χ1) is 10.0. The van der Waals surface area contributed by atoms with Crippen molar-refractivity contribution in [3.8, 4) is 0 Å². The summed E-state index contributed by atoms with van der Waals surface area (Å²) in [5.74, 6) is 0.325. The number of nitrogens with zero attached hydrogens (tertiary/aromatic N) is 4. The zero-order valence-corrected chi connectivity index (χ0v) is 13.1. The van der Waals surface area contributed by atoms with Crippen LogP contribution in [0.4, 0.5) is 0 Å². The lowest BCUT2D eigenvalue weighted by Crippen LogP contribution is -2.09. The van der Waals surface area contributed by atoms with Crippen LogP contribution >= 0.6 is 11.8 Å². The molecule has 0 spiro atoms. The monoisotopic (exact) mass is 306 g/mol. The highest BCUT2D eigenvalue weighted by molar-refractivity contribution is 7.98. The van der Waals surface area contributed by atoms with Gasteiger partial charge in [-0.2, -0.15) is 5.10 Å². The molecule has 7 heteroatoms. The Hall–Kier alpha value is -1.89. The SMILES string of the molecule is CCc1nc(C)c(C(=O)O)c(SCc2cnn(CC)c2)n1. The number of carboxylic acid groups (broad SMARTS) is 1. The van der Waals surface area contributed by atoms with Gasteiger partial charge in [-0.3, -0.25) is 4.68 Å². The molecule has 2 aromatic heterocycles. The van der Waals surface area contributed by atoms with Crippen molar-refractivity contribution < 1.29 is 9.90 Å². The fraction of sp³-hybridized carbons (Fsp3) is 0.429. The minimum absolute atomic E-state index is 0.195. The molecule has 0 saturated carbocycles. The molecule has 0 aliphatic rings. The second-order valence-electron chi connectivity index (χ2n) is 4.56. The Morgan fingerprint density at radius 3 is 2.71 bits per heavy atom. The first-order valence-corrected chi connectivity index (χ1v) is 7.78. The van der Waals surface area contributed by atoms with E-state index >= 15 is 0 Å². The molecule has 1 N–H and O–H groups in total. The van der Waals surface area contributed by atoms with Crippen LogP contribution in [0.15, 0.2) is 17.4 Å². The van der Waals surface area contributed by atoms with Gasteiger partial charge < -0.3 is 5.11 Å². The second kappa shape index (κ2) is 6.71. The van der Waals surface area contributed by atoms with Gasteiger partial charge in [0.15, 0.2) is 0 Å². The lowest BCUT2D eigenvalue weighted by Gasteiger charge is -2.08. The van der Waals surface area contributed by atoms with Gasteiger partial charge >= 0.3 is 5.97 Å². The van der Waals surface area contributed by atoms with E-state index in [0.717, 1.165) is 12.1 Å². The number of aromatic nitrogens is 4. The molecule has 0 aliphatic heterocycles. The van der Waals surface area contributed by atoms with Crippen LogP contribution in [0.25, 0.3) is 0 Å². The Balaban J connectivity index is 2.25. The van der Waals surface area contributed by atoms with Crippen molar-refractivity contribution in [2.45, 2.75) is 44.5 Å². The molecular formula is C14H18N4O2S. The third kappa shape index (κ3) is 3.60. The lowest BCUT2D eigenvalue weighted by atomic mass is 10.2. The van der Waals surface area contributed by atoms with Crippen molar-refractivity contribution in [2.24, 2.45) is 0 Å². The summed E-state index contributed by atoms with van der Waals surface area (Å²) in [7, 11) is 0. The maximum Gasteiger partial charge on any atom is 0.340 e. The van der Waals surface area contributed by atoms with Crippen molar-refractivity contribution in [1.29, 1.82) is 0 Å². The van der Waals surface area contributed by atoms with Gasteiger partial charge in [0.2, 0.25) is 0 Å². The molecule has 0 radical (unpaired) electrons. The molecule has 0 aliphatic carbocycles. The third-order valence-electron chi connectivity index (χ3n) is 3.02. The topological polar surface area (TPSA) is 80.9 Å². The van der Waals surface area contributed by atoms with E-state index in [1.54, 1.807) is 13.1 Å². The van der Waals surface area contributed by atoms with E-state index in [1.165, 1.54) is 11.8 Å². The van der Waals surface area contributed by atoms with Gasteiger partial charge in [-0.05, 0) is 13.8 Å². The first kappa shape index (κ1) is 15.5. The molecule has 0 bridgehead atoms. The van der Waals surface area contributed by atoms with Gasteiger partial charge in [0.1, 0.15) is 16.4 Å². The number of carboxylic acids is 1. The van der Waals surface area contributed by atoms with Crippen molar-refractivity contribution in [3.63, 3.8) is 0 Å². The number of rotatable bonds is 6. The van der Waals surface area contributed by atoms with Crippen molar-refractivity contribution in [1.82, 2.24) is 19.7 Å². The van der Waals surface area contributed by atoms with Crippen molar-refractivity contribution >= 4 is 17.7 Å². The Morgan fingerprint density at radius 1 is 1.38 bits per heavy atom. The summed E-state index contributed by atoms with van der Waals surface area (Å²) >= 11 is 1.41. The van der Waals surface area contributed by atoms with Crippen LogP contribution < -0.4 is 0 Å². The predicted octanol–water partition coefficient (Wildman–Crippen LogP) is 2.55. The molecule has 6 nitrogen and oxygen atoms in total. The fourth-order valence-electron chi connectivity index (χ4n) is 1.92. The normalized spacial score (nSPS) is 10.8. The van der Waals surface area contributed by atoms with E-state index < -0.39 is 5.97 Å². The molecule has 0 aromatic carbocycles. The van der Waals surface area contributed by atoms with Crippen molar-refractivity contribution in [3.05, 3.63) is 35.0 Å². The van der Waals surface area contributed by atoms with Crippen LogP contribution in [0, 0.1) is 6.92 Å². The molecule has 0 unspecified atom stereocenters. The summed E-state index contributed by atoms with van der Waals surface area (Å²) in [5.41, 5.74) is 1.76. The quantitative estimate of drug-likeness (QED) is 0.652. The van der Waals surface area contributed by atoms with Crippen LogP contribution in [0.1, 0.15) is 41.3 Å². The summed E-state index contributed by atoms with van der Waals surface area (Å²) in [5, 5.41) is 14.1. The number of thioether (sulfide) groups is 1. The molecule has 2 heterocycles. The molecule has 21 heavy (non-hydrogen) atoms. The molecule has 2 rings (SSSR count). The summed E-state index contributed by atoms with van der Waals surface area (Å²) < 4.78 is 1.84. The largest absolute Gasteiger partial charge is 0.478 e. The van der Waals surface area contributed by atoms with Crippen LogP contribution in [0.2, 0.25) is 0 Å². The number of hydrogen-bond donors (Lipinski definition) is 1. The molecule has 0 fully saturated rings. The standard InChI is InChI=1S/C14H18N4O2S/c1-4-11-16-9(3)12(14(19)20)13(17-11)21-8-10-6-15-18(5-2)7-10/h6-7H,4-5,8H2,1-3H3,(H,19,20). The minimum atomic E-state index is -0.984. The lowest BCUT2D eigenvalue weighted by molar-refractivity contribution is 0.0690. The Labute approximate surface area is 127 Å². The van der Waals surface area contributed by atoms with E-state index in [2.05, 4.69) is 15.1 Å². The van der Waals surface area contributed by atoms with Gasteiger partial charge in [0.05, 0.1) is 11.9 Å². The molecule has 0 atom stereocenters. The van der Waals surface area contributed by atoms with E-state index in [1.807, 2.05) is 24.7 Å². The Morgan fingerprint density at radius 2 is 2.14 bits per heavy atom. The van der Waals surface area contributed by atoms with E-state index in [4.69, 9.17) is 0 Å². The molecule has 2 aromatic rings. The van der Waals surface area contributed by atoms with E-state index in [9.17, 15) is 9.90 Å². The number of aryl methyl sites for hydroxylation is 3. The van der Waals surface area contributed by atoms with Gasteiger partial charge in [0, 0.05) is 30.5 Å². The van der Waals surface area contributed by atoms with Crippen LogP contribution in [0.3, 0.4) is 0 Å². The minimum Gasteiger partial charge on any atom is -0.478 e. The highest BCUT2D eigenvalue weighted by Crippen LogP contribution is 2.26. The fourth-order valence-corrected chi connectivity index (χ4v) is 2.92. The smallest absolute Gasteiger partial charge is 0.340 e. The van der Waals surface area contributed by atoms with E-state index in [-0.39, 0.29) is 5.56 Å². The first-order valence-electron chi connectivity index (χ1n) is 6.80. The van der Waals surface area contributed by atoms with Gasteiger partial charge in [-0.15, -0.1) is 11.8 Å². The third-order valence-corrected chi connectivity index (χ3v) is 4.07. The zero-order valence-electron chi connectivity index (χ0n) is 12.3. The average molecular weight is 306 g/mol. The van der Waals surface area contributed by atoms with Crippen molar-refractivity contribution in [2.75, 3.05) is 0 Å². The Kier molecular flexibility index (Phi) is 4.95. The van der Waals surface area contributed by atoms with Crippen LogP contribution in [0.5, 0.6) is 0 Å².